The number of carboxylic acids is 1. The average molecular weight is 446 g/mol. The Morgan fingerprint density at radius 2 is 1.75 bits per heavy atom. The van der Waals surface area contributed by atoms with Gasteiger partial charge in [0.2, 0.25) is 0 Å². The molecule has 0 spiro atoms. The number of aryl methyl sites for hydroxylation is 1. The van der Waals surface area contributed by atoms with Gasteiger partial charge in [-0.1, -0.05) is 31.2 Å². The Morgan fingerprint density at radius 1 is 1.16 bits per heavy atom. The summed E-state index contributed by atoms with van der Waals surface area (Å²) in [6.45, 7) is 11.2. The molecule has 1 aliphatic heterocycles. The lowest BCUT2D eigenvalue weighted by Crippen LogP contribution is -2.36. The van der Waals surface area contributed by atoms with Crippen LogP contribution in [0.1, 0.15) is 49.8 Å². The van der Waals surface area contributed by atoms with Gasteiger partial charge in [0.05, 0.1) is 18.6 Å². The number of aliphatic carboxylic acids is 1. The minimum Gasteiger partial charge on any atom is -0.481 e. The molecule has 2 aromatic rings. The fourth-order valence-electron chi connectivity index (χ4n) is 3.90. The molecule has 1 fully saturated rings. The van der Waals surface area contributed by atoms with Crippen LogP contribution in [-0.4, -0.2) is 51.1 Å². The maximum absolute atomic E-state index is 13.7. The molecular formula is C26H36FNO4. The molecule has 1 saturated heterocycles. The average Bonchev–Trinajstić information content (AvgIpc) is 2.78. The number of rotatable bonds is 7. The summed E-state index contributed by atoms with van der Waals surface area (Å²) < 4.78 is 23.8. The van der Waals surface area contributed by atoms with E-state index >= 15 is 0 Å². The van der Waals surface area contributed by atoms with Crippen molar-refractivity contribution in [3.8, 4) is 0 Å². The van der Waals surface area contributed by atoms with E-state index in [9.17, 15) is 14.3 Å². The second kappa shape index (κ2) is 12.0. The van der Waals surface area contributed by atoms with Crippen LogP contribution in [0.4, 0.5) is 10.1 Å². The summed E-state index contributed by atoms with van der Waals surface area (Å²) in [7, 11) is 1.71. The van der Waals surface area contributed by atoms with Gasteiger partial charge in [0.25, 0.3) is 0 Å². The van der Waals surface area contributed by atoms with E-state index < -0.39 is 11.4 Å². The minimum absolute atomic E-state index is 0.284. The Hall–Kier alpha value is -2.44. The van der Waals surface area contributed by atoms with Gasteiger partial charge < -0.3 is 19.5 Å². The lowest BCUT2D eigenvalue weighted by Gasteiger charge is -2.33. The summed E-state index contributed by atoms with van der Waals surface area (Å²) in [6.07, 6.45) is 1.12. The molecule has 1 heterocycles. The molecule has 0 amide bonds. The van der Waals surface area contributed by atoms with Crippen molar-refractivity contribution in [2.45, 2.75) is 40.0 Å². The number of hydrogen-bond donors (Lipinski definition) is 1. The van der Waals surface area contributed by atoms with E-state index in [0.717, 1.165) is 42.9 Å². The number of methoxy groups -OCH3 is 1. The second-order valence-electron chi connectivity index (χ2n) is 8.65. The minimum atomic E-state index is -1.04. The van der Waals surface area contributed by atoms with Gasteiger partial charge in [0.1, 0.15) is 5.82 Å². The molecule has 0 aliphatic carbocycles. The Labute approximate surface area is 191 Å². The van der Waals surface area contributed by atoms with Crippen LogP contribution in [0, 0.1) is 18.2 Å². The van der Waals surface area contributed by atoms with Crippen molar-refractivity contribution in [3.63, 3.8) is 0 Å². The summed E-state index contributed by atoms with van der Waals surface area (Å²) in [5.74, 6) is -1.55. The quantitative estimate of drug-likeness (QED) is 0.630. The molecule has 1 N–H and O–H groups in total. The zero-order valence-corrected chi connectivity index (χ0v) is 19.9. The highest BCUT2D eigenvalue weighted by Gasteiger charge is 2.39. The number of benzene rings is 2. The number of carbonyl (C=O) groups is 1. The highest BCUT2D eigenvalue weighted by molar-refractivity contribution is 5.76. The molecule has 5 nitrogen and oxygen atoms in total. The number of ether oxygens (including phenoxy) is 2. The standard InChI is InChI=1S/C22H26FNO3.C4H10O/c1-15-14-17(6-9-19(15)23)20(22(2,3)21(25)26)16-4-7-18(8-5-16)24-10-12-27-13-11-24;1-3-4-5-2/h4-9,14,20H,10-13H2,1-3H3,(H,25,26);3-4H2,1-2H3. The molecule has 2 aromatic carbocycles. The summed E-state index contributed by atoms with van der Waals surface area (Å²) in [5, 5.41) is 9.82. The predicted octanol–water partition coefficient (Wildman–Crippen LogP) is 5.26. The maximum Gasteiger partial charge on any atom is 0.310 e. The zero-order chi connectivity index (χ0) is 23.7. The van der Waals surface area contributed by atoms with Crippen LogP contribution in [-0.2, 0) is 14.3 Å². The van der Waals surface area contributed by atoms with E-state index in [0.29, 0.717) is 18.8 Å². The lowest BCUT2D eigenvalue weighted by atomic mass is 9.71. The lowest BCUT2D eigenvalue weighted by molar-refractivity contribution is -0.147. The van der Waals surface area contributed by atoms with E-state index in [2.05, 4.69) is 11.8 Å². The largest absolute Gasteiger partial charge is 0.481 e. The van der Waals surface area contributed by atoms with Crippen molar-refractivity contribution in [1.82, 2.24) is 0 Å². The third-order valence-electron chi connectivity index (χ3n) is 5.80. The first-order valence-electron chi connectivity index (χ1n) is 11.1. The molecule has 0 aromatic heterocycles. The van der Waals surface area contributed by atoms with Crippen molar-refractivity contribution in [2.24, 2.45) is 5.41 Å². The van der Waals surface area contributed by atoms with Crippen LogP contribution in [0.3, 0.4) is 0 Å². The van der Waals surface area contributed by atoms with E-state index in [-0.39, 0.29) is 11.7 Å². The number of carboxylic acid groups (broad SMARTS) is 1. The van der Waals surface area contributed by atoms with Crippen LogP contribution >= 0.6 is 0 Å². The smallest absolute Gasteiger partial charge is 0.310 e. The molecule has 0 radical (unpaired) electrons. The molecule has 3 rings (SSSR count). The van der Waals surface area contributed by atoms with Crippen molar-refractivity contribution >= 4 is 11.7 Å². The summed E-state index contributed by atoms with van der Waals surface area (Å²) in [6, 6.07) is 12.9. The third kappa shape index (κ3) is 6.53. The molecule has 0 saturated carbocycles. The second-order valence-corrected chi connectivity index (χ2v) is 8.65. The van der Waals surface area contributed by atoms with Gasteiger partial charge in [-0.25, -0.2) is 4.39 Å². The van der Waals surface area contributed by atoms with Crippen molar-refractivity contribution in [2.75, 3.05) is 44.9 Å². The molecule has 32 heavy (non-hydrogen) atoms. The molecule has 1 aliphatic rings. The van der Waals surface area contributed by atoms with Crippen LogP contribution in [0.5, 0.6) is 0 Å². The normalized spacial score (nSPS) is 15.0. The molecule has 176 valence electrons. The van der Waals surface area contributed by atoms with Gasteiger partial charge in [-0.3, -0.25) is 4.79 Å². The first-order valence-corrected chi connectivity index (χ1v) is 11.1. The van der Waals surface area contributed by atoms with Crippen LogP contribution in [0.15, 0.2) is 42.5 Å². The Bertz CT molecular complexity index is 859. The van der Waals surface area contributed by atoms with Crippen LogP contribution in [0.25, 0.3) is 0 Å². The predicted molar refractivity (Wildman–Crippen MR) is 126 cm³/mol. The topological polar surface area (TPSA) is 59.0 Å². The van der Waals surface area contributed by atoms with E-state index in [1.54, 1.807) is 40.0 Å². The van der Waals surface area contributed by atoms with Crippen molar-refractivity contribution in [1.29, 1.82) is 0 Å². The van der Waals surface area contributed by atoms with Gasteiger partial charge >= 0.3 is 5.97 Å². The SMILES string of the molecule is CCCOC.Cc1cc(C(c2ccc(N3CCOCC3)cc2)C(C)(C)C(=O)O)ccc1F. The number of halogens is 1. The first kappa shape index (κ1) is 25.8. The number of morpholine rings is 1. The van der Waals surface area contributed by atoms with Gasteiger partial charge in [-0.15, -0.1) is 0 Å². The van der Waals surface area contributed by atoms with Gasteiger partial charge in [-0.2, -0.15) is 0 Å². The monoisotopic (exact) mass is 445 g/mol. The van der Waals surface area contributed by atoms with Gasteiger partial charge in [0.15, 0.2) is 0 Å². The zero-order valence-electron chi connectivity index (χ0n) is 19.9. The van der Waals surface area contributed by atoms with Crippen molar-refractivity contribution in [3.05, 3.63) is 65.0 Å². The molecule has 0 bridgehead atoms. The van der Waals surface area contributed by atoms with Gasteiger partial charge in [0, 0.05) is 38.4 Å². The van der Waals surface area contributed by atoms with E-state index in [1.165, 1.54) is 6.07 Å². The molecule has 6 heteroatoms. The van der Waals surface area contributed by atoms with E-state index in [4.69, 9.17) is 9.47 Å². The summed E-state index contributed by atoms with van der Waals surface area (Å²) >= 11 is 0. The number of anilines is 1. The maximum atomic E-state index is 13.7. The van der Waals surface area contributed by atoms with E-state index in [1.807, 2.05) is 24.3 Å². The summed E-state index contributed by atoms with van der Waals surface area (Å²) in [4.78, 5) is 14.2. The Balaban J connectivity index is 0.000000654. The summed E-state index contributed by atoms with van der Waals surface area (Å²) in [5.41, 5.74) is 2.30. The van der Waals surface area contributed by atoms with Crippen LogP contribution in [0.2, 0.25) is 0 Å². The highest BCUT2D eigenvalue weighted by atomic mass is 19.1. The van der Waals surface area contributed by atoms with Gasteiger partial charge in [-0.05, 0) is 62.1 Å². The number of nitrogens with zero attached hydrogens (tertiary/aromatic N) is 1. The highest BCUT2D eigenvalue weighted by Crippen LogP contribution is 2.42. The third-order valence-corrected chi connectivity index (χ3v) is 5.80. The Morgan fingerprint density at radius 3 is 2.22 bits per heavy atom. The number of hydrogen-bond acceptors (Lipinski definition) is 4. The first-order chi connectivity index (χ1) is 15.2. The van der Waals surface area contributed by atoms with Crippen molar-refractivity contribution < 1.29 is 23.8 Å². The fourth-order valence-corrected chi connectivity index (χ4v) is 3.90. The molecule has 1 atom stereocenters. The molecule has 1 unspecified atom stereocenters. The molecular weight excluding hydrogens is 409 g/mol. The fraction of sp³-hybridized carbons (Fsp3) is 0.500. The van der Waals surface area contributed by atoms with Crippen LogP contribution < -0.4 is 4.90 Å². The Kier molecular flexibility index (Phi) is 9.66.